The lowest BCUT2D eigenvalue weighted by atomic mass is 10.3. The quantitative estimate of drug-likeness (QED) is 0.741. The zero-order chi connectivity index (χ0) is 15.8. The molecule has 0 bridgehead atoms. The topological polar surface area (TPSA) is 61.9 Å². The number of sulfonamides is 1. The summed E-state index contributed by atoms with van der Waals surface area (Å²) in [4.78, 5) is 4.98. The van der Waals surface area contributed by atoms with Gasteiger partial charge in [-0.05, 0) is 12.1 Å². The summed E-state index contributed by atoms with van der Waals surface area (Å²) in [7, 11) is -1.67. The van der Waals surface area contributed by atoms with E-state index < -0.39 is 10.0 Å². The number of piperazine rings is 1. The van der Waals surface area contributed by atoms with E-state index in [-0.39, 0.29) is 0 Å². The highest BCUT2D eigenvalue weighted by atomic mass is 32.2. The van der Waals surface area contributed by atoms with Crippen LogP contribution < -0.4 is 4.72 Å². The minimum atomic E-state index is -3.39. The van der Waals surface area contributed by atoms with Crippen LogP contribution in [0.25, 0.3) is 0 Å². The van der Waals surface area contributed by atoms with Gasteiger partial charge in [0, 0.05) is 52.9 Å². The molecule has 6 nitrogen and oxygen atoms in total. The summed E-state index contributed by atoms with van der Waals surface area (Å²) >= 11 is 0. The Morgan fingerprint density at radius 3 is 2.23 bits per heavy atom. The van der Waals surface area contributed by atoms with Gasteiger partial charge >= 0.3 is 0 Å². The highest BCUT2D eigenvalue weighted by molar-refractivity contribution is 7.89. The summed E-state index contributed by atoms with van der Waals surface area (Å²) < 4.78 is 31.9. The molecule has 0 radical (unpaired) electrons. The molecule has 22 heavy (non-hydrogen) atoms. The molecular weight excluding hydrogens is 302 g/mol. The second kappa shape index (κ2) is 8.59. The summed E-state index contributed by atoms with van der Waals surface area (Å²) in [5.41, 5.74) is 0. The van der Waals surface area contributed by atoms with Crippen LogP contribution in [-0.4, -0.2) is 77.7 Å². The van der Waals surface area contributed by atoms with E-state index in [1.165, 1.54) is 0 Å². The molecule has 2 rings (SSSR count). The van der Waals surface area contributed by atoms with E-state index in [0.717, 1.165) is 45.9 Å². The van der Waals surface area contributed by atoms with E-state index >= 15 is 0 Å². The van der Waals surface area contributed by atoms with Crippen LogP contribution in [0, 0.1) is 0 Å². The zero-order valence-corrected chi connectivity index (χ0v) is 13.9. The smallest absolute Gasteiger partial charge is 0.240 e. The Balaban J connectivity index is 1.69. The largest absolute Gasteiger partial charge is 0.383 e. The molecule has 7 heteroatoms. The monoisotopic (exact) mass is 327 g/mol. The summed E-state index contributed by atoms with van der Waals surface area (Å²) in [6.45, 7) is 6.86. The van der Waals surface area contributed by atoms with Gasteiger partial charge < -0.3 is 4.74 Å². The number of nitrogens with zero attached hydrogens (tertiary/aromatic N) is 2. The predicted octanol–water partition coefficient (Wildman–Crippen LogP) is 0.229. The number of benzene rings is 1. The third kappa shape index (κ3) is 5.33. The number of rotatable bonds is 8. The van der Waals surface area contributed by atoms with Gasteiger partial charge in [0.05, 0.1) is 11.5 Å². The Kier molecular flexibility index (Phi) is 6.78. The molecule has 0 unspecified atom stereocenters. The van der Waals surface area contributed by atoms with Gasteiger partial charge in [-0.15, -0.1) is 0 Å². The van der Waals surface area contributed by atoms with Gasteiger partial charge in [-0.1, -0.05) is 18.2 Å². The number of hydrogen-bond acceptors (Lipinski definition) is 5. The maximum Gasteiger partial charge on any atom is 0.240 e. The maximum atomic E-state index is 12.1. The maximum absolute atomic E-state index is 12.1. The van der Waals surface area contributed by atoms with Crippen molar-refractivity contribution in [3.05, 3.63) is 30.3 Å². The van der Waals surface area contributed by atoms with Crippen molar-refractivity contribution in [1.82, 2.24) is 14.5 Å². The number of nitrogens with one attached hydrogen (secondary N) is 1. The average Bonchev–Trinajstić information content (AvgIpc) is 2.55. The molecule has 0 saturated carbocycles. The fraction of sp³-hybridized carbons (Fsp3) is 0.600. The van der Waals surface area contributed by atoms with E-state index in [2.05, 4.69) is 14.5 Å². The summed E-state index contributed by atoms with van der Waals surface area (Å²) in [5, 5.41) is 0. The number of methoxy groups -OCH3 is 1. The van der Waals surface area contributed by atoms with Gasteiger partial charge in [-0.3, -0.25) is 9.80 Å². The molecule has 0 spiro atoms. The average molecular weight is 327 g/mol. The van der Waals surface area contributed by atoms with E-state index in [1.54, 1.807) is 31.4 Å². The van der Waals surface area contributed by atoms with Crippen LogP contribution >= 0.6 is 0 Å². The van der Waals surface area contributed by atoms with Crippen LogP contribution in [-0.2, 0) is 14.8 Å². The van der Waals surface area contributed by atoms with Crippen molar-refractivity contribution < 1.29 is 13.2 Å². The minimum absolute atomic E-state index is 0.319. The Morgan fingerprint density at radius 1 is 1.05 bits per heavy atom. The lowest BCUT2D eigenvalue weighted by Gasteiger charge is -2.34. The van der Waals surface area contributed by atoms with Crippen LogP contribution in [0.15, 0.2) is 35.2 Å². The molecule has 0 aromatic heterocycles. The van der Waals surface area contributed by atoms with E-state index in [1.807, 2.05) is 6.07 Å². The van der Waals surface area contributed by atoms with Gasteiger partial charge in [0.1, 0.15) is 0 Å². The van der Waals surface area contributed by atoms with Crippen molar-refractivity contribution >= 4 is 10.0 Å². The van der Waals surface area contributed by atoms with E-state index in [9.17, 15) is 8.42 Å². The molecule has 1 fully saturated rings. The fourth-order valence-corrected chi connectivity index (χ4v) is 3.52. The van der Waals surface area contributed by atoms with Gasteiger partial charge in [-0.2, -0.15) is 0 Å². The molecule has 0 amide bonds. The predicted molar refractivity (Wildman–Crippen MR) is 86.4 cm³/mol. The number of hydrogen-bond donors (Lipinski definition) is 1. The molecule has 0 atom stereocenters. The third-order valence-corrected chi connectivity index (χ3v) is 5.33. The first-order valence-electron chi connectivity index (χ1n) is 7.60. The second-order valence-electron chi connectivity index (χ2n) is 5.39. The minimum Gasteiger partial charge on any atom is -0.383 e. The lowest BCUT2D eigenvalue weighted by molar-refractivity contribution is 0.0980. The Bertz CT molecular complexity index is 528. The standard InChI is InChI=1S/C15H25N3O3S/c1-21-14-13-18-11-9-17(10-12-18)8-7-16-22(19,20)15-5-3-2-4-6-15/h2-6,16H,7-14H2,1H3. The molecule has 1 aromatic rings. The first-order valence-corrected chi connectivity index (χ1v) is 9.08. The van der Waals surface area contributed by atoms with Crippen LogP contribution in [0.3, 0.4) is 0 Å². The normalized spacial score (nSPS) is 17.7. The van der Waals surface area contributed by atoms with Crippen LogP contribution in [0.5, 0.6) is 0 Å². The van der Waals surface area contributed by atoms with E-state index in [0.29, 0.717) is 11.4 Å². The molecule has 1 heterocycles. The van der Waals surface area contributed by atoms with Crippen molar-refractivity contribution in [1.29, 1.82) is 0 Å². The van der Waals surface area contributed by atoms with Gasteiger partial charge in [0.25, 0.3) is 0 Å². The van der Waals surface area contributed by atoms with Gasteiger partial charge in [-0.25, -0.2) is 13.1 Å². The Morgan fingerprint density at radius 2 is 1.64 bits per heavy atom. The first kappa shape index (κ1) is 17.4. The molecule has 1 saturated heterocycles. The summed E-state index contributed by atoms with van der Waals surface area (Å²) in [6, 6.07) is 8.48. The highest BCUT2D eigenvalue weighted by Gasteiger charge is 2.17. The molecule has 1 aliphatic heterocycles. The SMILES string of the molecule is COCCN1CCN(CCNS(=O)(=O)c2ccccc2)CC1. The summed E-state index contributed by atoms with van der Waals surface area (Å²) in [6.07, 6.45) is 0. The van der Waals surface area contributed by atoms with E-state index in [4.69, 9.17) is 4.74 Å². The molecular formula is C15H25N3O3S. The van der Waals surface area contributed by atoms with Crippen LogP contribution in [0.1, 0.15) is 0 Å². The Labute approximate surface area is 133 Å². The highest BCUT2D eigenvalue weighted by Crippen LogP contribution is 2.07. The Hall–Kier alpha value is -0.990. The molecule has 0 aliphatic carbocycles. The van der Waals surface area contributed by atoms with Crippen molar-refractivity contribution in [2.75, 3.05) is 59.5 Å². The van der Waals surface area contributed by atoms with Crippen molar-refractivity contribution in [3.63, 3.8) is 0 Å². The molecule has 1 aliphatic rings. The fourth-order valence-electron chi connectivity index (χ4n) is 2.48. The van der Waals surface area contributed by atoms with Crippen molar-refractivity contribution in [2.24, 2.45) is 0 Å². The van der Waals surface area contributed by atoms with Crippen molar-refractivity contribution in [2.45, 2.75) is 4.90 Å². The van der Waals surface area contributed by atoms with Crippen LogP contribution in [0.2, 0.25) is 0 Å². The molecule has 124 valence electrons. The first-order chi connectivity index (χ1) is 10.6. The van der Waals surface area contributed by atoms with Crippen LogP contribution in [0.4, 0.5) is 0 Å². The zero-order valence-electron chi connectivity index (χ0n) is 13.1. The molecule has 1 aromatic carbocycles. The van der Waals surface area contributed by atoms with Gasteiger partial charge in [0.2, 0.25) is 10.0 Å². The van der Waals surface area contributed by atoms with Gasteiger partial charge in [0.15, 0.2) is 0 Å². The van der Waals surface area contributed by atoms with Crippen molar-refractivity contribution in [3.8, 4) is 0 Å². The molecule has 1 N–H and O–H groups in total. The summed E-state index contributed by atoms with van der Waals surface area (Å²) in [5.74, 6) is 0. The number of ether oxygens (including phenoxy) is 1. The lowest BCUT2D eigenvalue weighted by Crippen LogP contribution is -2.49. The second-order valence-corrected chi connectivity index (χ2v) is 7.15. The third-order valence-electron chi connectivity index (χ3n) is 3.85.